The number of benzene rings is 2. The maximum atomic E-state index is 12.8. The molecule has 2 aromatic rings. The molecular weight excluding hydrogens is 412 g/mol. The zero-order valence-corrected chi connectivity index (χ0v) is 18.9. The van der Waals surface area contributed by atoms with Gasteiger partial charge in [-0.15, -0.1) is 0 Å². The van der Waals surface area contributed by atoms with Gasteiger partial charge in [0.25, 0.3) is 0 Å². The van der Waals surface area contributed by atoms with Gasteiger partial charge in [0, 0.05) is 62.6 Å². The van der Waals surface area contributed by atoms with Crippen LogP contribution in [0.15, 0.2) is 48.5 Å². The third-order valence-corrected chi connectivity index (χ3v) is 6.49. The minimum atomic E-state index is 0.0746. The van der Waals surface area contributed by atoms with Crippen LogP contribution in [-0.2, 0) is 6.54 Å². The number of hydrogen-bond donors (Lipinski definition) is 1. The van der Waals surface area contributed by atoms with E-state index < -0.39 is 0 Å². The summed E-state index contributed by atoms with van der Waals surface area (Å²) in [4.78, 5) is 19.5. The predicted octanol–water partition coefficient (Wildman–Crippen LogP) is 3.84. The van der Waals surface area contributed by atoms with Gasteiger partial charge >= 0.3 is 6.03 Å². The van der Waals surface area contributed by atoms with E-state index in [1.807, 2.05) is 29.2 Å². The summed E-state index contributed by atoms with van der Waals surface area (Å²) in [7, 11) is 1.68. The van der Waals surface area contributed by atoms with Crippen molar-refractivity contribution in [2.75, 3.05) is 51.3 Å². The molecule has 2 amide bonds. The first-order valence-electron chi connectivity index (χ1n) is 11.0. The summed E-state index contributed by atoms with van der Waals surface area (Å²) in [6, 6.07) is 16.5. The van der Waals surface area contributed by atoms with Crippen LogP contribution in [0.1, 0.15) is 18.4 Å². The number of likely N-dealkylation sites (tertiary alicyclic amines) is 1. The normalized spacial score (nSPS) is 18.1. The van der Waals surface area contributed by atoms with Crippen LogP contribution in [0, 0.1) is 0 Å². The van der Waals surface area contributed by atoms with Crippen molar-refractivity contribution in [3.63, 3.8) is 0 Å². The Morgan fingerprint density at radius 2 is 1.61 bits per heavy atom. The average molecular weight is 443 g/mol. The average Bonchev–Trinajstić information content (AvgIpc) is 2.82. The minimum Gasteiger partial charge on any atom is -0.497 e. The lowest BCUT2D eigenvalue weighted by Gasteiger charge is -2.38. The highest BCUT2D eigenvalue weighted by Crippen LogP contribution is 2.21. The van der Waals surface area contributed by atoms with Gasteiger partial charge in [-0.1, -0.05) is 23.7 Å². The van der Waals surface area contributed by atoms with E-state index in [0.717, 1.165) is 69.4 Å². The predicted molar refractivity (Wildman–Crippen MR) is 125 cm³/mol. The number of amides is 2. The van der Waals surface area contributed by atoms with Crippen molar-refractivity contribution in [1.82, 2.24) is 15.1 Å². The zero-order chi connectivity index (χ0) is 21.6. The molecule has 2 aliphatic rings. The largest absolute Gasteiger partial charge is 0.497 e. The molecule has 2 aliphatic heterocycles. The van der Waals surface area contributed by atoms with Crippen molar-refractivity contribution in [3.8, 4) is 5.75 Å². The number of rotatable bonds is 5. The van der Waals surface area contributed by atoms with Gasteiger partial charge in [0.1, 0.15) is 5.75 Å². The van der Waals surface area contributed by atoms with Gasteiger partial charge in [0.2, 0.25) is 0 Å². The topological polar surface area (TPSA) is 48.1 Å². The third-order valence-electron chi connectivity index (χ3n) is 6.24. The highest BCUT2D eigenvalue weighted by molar-refractivity contribution is 6.30. The van der Waals surface area contributed by atoms with E-state index in [9.17, 15) is 4.79 Å². The zero-order valence-electron chi connectivity index (χ0n) is 18.1. The molecule has 0 unspecified atom stereocenters. The molecule has 1 N–H and O–H groups in total. The highest BCUT2D eigenvalue weighted by atomic mass is 35.5. The molecule has 0 spiro atoms. The molecule has 2 saturated heterocycles. The van der Waals surface area contributed by atoms with Gasteiger partial charge in [-0.2, -0.15) is 0 Å². The quantitative estimate of drug-likeness (QED) is 0.764. The molecule has 6 nitrogen and oxygen atoms in total. The van der Waals surface area contributed by atoms with Gasteiger partial charge < -0.3 is 19.9 Å². The van der Waals surface area contributed by atoms with E-state index in [1.165, 1.54) is 11.3 Å². The summed E-state index contributed by atoms with van der Waals surface area (Å²) in [5, 5.41) is 4.03. The number of nitrogens with one attached hydrogen (secondary N) is 1. The Labute approximate surface area is 189 Å². The molecular formula is C24H31ClN4O2. The molecule has 166 valence electrons. The van der Waals surface area contributed by atoms with E-state index in [1.54, 1.807) is 7.11 Å². The van der Waals surface area contributed by atoms with E-state index in [4.69, 9.17) is 16.3 Å². The smallest absolute Gasteiger partial charge is 0.317 e. The third kappa shape index (κ3) is 5.83. The fraction of sp³-hybridized carbons (Fsp3) is 0.458. The summed E-state index contributed by atoms with van der Waals surface area (Å²) in [5.41, 5.74) is 2.45. The van der Waals surface area contributed by atoms with Crippen LogP contribution >= 0.6 is 11.6 Å². The van der Waals surface area contributed by atoms with Gasteiger partial charge in [0.05, 0.1) is 7.11 Å². The highest BCUT2D eigenvalue weighted by Gasteiger charge is 2.25. The first kappa shape index (κ1) is 21.8. The number of hydrogen-bond acceptors (Lipinski definition) is 4. The molecule has 0 bridgehead atoms. The summed E-state index contributed by atoms with van der Waals surface area (Å²) >= 11 is 5.97. The van der Waals surface area contributed by atoms with Crippen molar-refractivity contribution in [2.45, 2.75) is 25.4 Å². The Hall–Kier alpha value is -2.44. The second-order valence-electron chi connectivity index (χ2n) is 8.30. The monoisotopic (exact) mass is 442 g/mol. The second-order valence-corrected chi connectivity index (χ2v) is 8.73. The van der Waals surface area contributed by atoms with Crippen LogP contribution in [0.2, 0.25) is 5.02 Å². The first-order chi connectivity index (χ1) is 15.1. The van der Waals surface area contributed by atoms with Gasteiger partial charge in [0.15, 0.2) is 0 Å². The Morgan fingerprint density at radius 3 is 2.23 bits per heavy atom. The van der Waals surface area contributed by atoms with E-state index in [-0.39, 0.29) is 12.1 Å². The van der Waals surface area contributed by atoms with Crippen LogP contribution in [0.25, 0.3) is 0 Å². The minimum absolute atomic E-state index is 0.0746. The Morgan fingerprint density at radius 1 is 0.968 bits per heavy atom. The van der Waals surface area contributed by atoms with Crippen LogP contribution in [0.5, 0.6) is 5.75 Å². The first-order valence-corrected chi connectivity index (χ1v) is 11.4. The molecule has 7 heteroatoms. The number of nitrogens with zero attached hydrogens (tertiary/aromatic N) is 3. The Kier molecular flexibility index (Phi) is 7.20. The van der Waals surface area contributed by atoms with Crippen molar-refractivity contribution in [1.29, 1.82) is 0 Å². The lowest BCUT2D eigenvalue weighted by molar-refractivity contribution is 0.167. The molecule has 0 radical (unpaired) electrons. The fourth-order valence-electron chi connectivity index (χ4n) is 4.31. The SMILES string of the molecule is COc1ccc(N2CCN(C(=O)NC3CCN(Cc4ccc(Cl)cc4)CC3)CC2)cc1. The summed E-state index contributed by atoms with van der Waals surface area (Å²) in [6.07, 6.45) is 1.98. The molecule has 0 atom stereocenters. The van der Waals surface area contributed by atoms with E-state index in [0.29, 0.717) is 0 Å². The van der Waals surface area contributed by atoms with Crippen LogP contribution in [0.3, 0.4) is 0 Å². The molecule has 2 aromatic carbocycles. The Balaban J connectivity index is 1.18. The van der Waals surface area contributed by atoms with E-state index in [2.05, 4.69) is 39.4 Å². The van der Waals surface area contributed by atoms with Crippen molar-refractivity contribution >= 4 is 23.3 Å². The fourth-order valence-corrected chi connectivity index (χ4v) is 4.44. The molecule has 31 heavy (non-hydrogen) atoms. The van der Waals surface area contributed by atoms with Crippen molar-refractivity contribution < 1.29 is 9.53 Å². The van der Waals surface area contributed by atoms with Crippen molar-refractivity contribution in [3.05, 3.63) is 59.1 Å². The number of urea groups is 1. The maximum Gasteiger partial charge on any atom is 0.317 e. The molecule has 4 rings (SSSR count). The number of ether oxygens (including phenoxy) is 1. The Bertz CT molecular complexity index is 843. The number of halogens is 1. The van der Waals surface area contributed by atoms with Gasteiger partial charge in [-0.3, -0.25) is 4.90 Å². The second kappa shape index (κ2) is 10.2. The lowest BCUT2D eigenvalue weighted by Crippen LogP contribution is -2.54. The molecule has 2 heterocycles. The molecule has 0 saturated carbocycles. The van der Waals surface area contributed by atoms with E-state index >= 15 is 0 Å². The summed E-state index contributed by atoms with van der Waals surface area (Å²) in [6.45, 7) is 6.11. The number of methoxy groups -OCH3 is 1. The maximum absolute atomic E-state index is 12.8. The lowest BCUT2D eigenvalue weighted by atomic mass is 10.0. The summed E-state index contributed by atoms with van der Waals surface area (Å²) < 4.78 is 5.23. The molecule has 0 aliphatic carbocycles. The molecule has 2 fully saturated rings. The van der Waals surface area contributed by atoms with Crippen molar-refractivity contribution in [2.24, 2.45) is 0 Å². The van der Waals surface area contributed by atoms with Crippen LogP contribution in [-0.4, -0.2) is 68.3 Å². The van der Waals surface area contributed by atoms with Crippen LogP contribution in [0.4, 0.5) is 10.5 Å². The number of carbonyl (C=O) groups is 1. The number of carbonyl (C=O) groups excluding carboxylic acids is 1. The van der Waals surface area contributed by atoms with Gasteiger partial charge in [-0.25, -0.2) is 4.79 Å². The number of piperidine rings is 1. The van der Waals surface area contributed by atoms with Crippen LogP contribution < -0.4 is 15.0 Å². The van der Waals surface area contributed by atoms with Gasteiger partial charge in [-0.05, 0) is 54.8 Å². The summed E-state index contributed by atoms with van der Waals surface area (Å²) in [5.74, 6) is 0.862. The number of anilines is 1. The standard InChI is InChI=1S/C24H31ClN4O2/c1-31-23-8-6-22(7-9-23)28-14-16-29(17-15-28)24(30)26-21-10-12-27(13-11-21)18-19-2-4-20(25)5-3-19/h2-9,21H,10-18H2,1H3,(H,26,30). The molecule has 0 aromatic heterocycles. The number of piperazine rings is 1.